The van der Waals surface area contributed by atoms with Gasteiger partial charge in [0.05, 0.1) is 0 Å². The number of nitrogens with one attached hydrogen (secondary N) is 2. The van der Waals surface area contributed by atoms with Gasteiger partial charge in [-0.1, -0.05) is 6.92 Å². The minimum absolute atomic E-state index is 0.246. The van der Waals surface area contributed by atoms with Crippen molar-refractivity contribution in [3.8, 4) is 0 Å². The molecule has 1 aromatic rings. The van der Waals surface area contributed by atoms with E-state index in [2.05, 4.69) is 26.6 Å². The standard InChI is InChI=1S/C13H16BrN3O3/c1-2-5-17-7-8(14)6-10(17)13(20)15-9-3-4-11(18)16-12(9)19/h6-7,9H,2-5H2,1H3,(H,15,20)(H,16,18,19). The summed E-state index contributed by atoms with van der Waals surface area (Å²) in [5.41, 5.74) is 0.503. The molecule has 7 heteroatoms. The third kappa shape index (κ3) is 3.27. The molecular weight excluding hydrogens is 326 g/mol. The minimum atomic E-state index is -0.649. The van der Waals surface area contributed by atoms with E-state index in [-0.39, 0.29) is 18.2 Å². The smallest absolute Gasteiger partial charge is 0.268 e. The number of aryl methyl sites for hydroxylation is 1. The number of rotatable bonds is 4. The van der Waals surface area contributed by atoms with E-state index in [9.17, 15) is 14.4 Å². The zero-order chi connectivity index (χ0) is 14.7. The van der Waals surface area contributed by atoms with E-state index in [0.29, 0.717) is 12.1 Å². The van der Waals surface area contributed by atoms with Crippen molar-refractivity contribution in [1.82, 2.24) is 15.2 Å². The van der Waals surface area contributed by atoms with Crippen LogP contribution >= 0.6 is 15.9 Å². The Hall–Kier alpha value is -1.63. The summed E-state index contributed by atoms with van der Waals surface area (Å²) in [5.74, 6) is -1.04. The molecule has 1 aliphatic rings. The molecular formula is C13H16BrN3O3. The third-order valence-corrected chi connectivity index (χ3v) is 3.54. The Morgan fingerprint density at radius 3 is 2.95 bits per heavy atom. The van der Waals surface area contributed by atoms with Crippen LogP contribution in [0.4, 0.5) is 0 Å². The van der Waals surface area contributed by atoms with Gasteiger partial charge in [-0.3, -0.25) is 19.7 Å². The number of halogens is 1. The number of carbonyl (C=O) groups excluding carboxylic acids is 3. The van der Waals surface area contributed by atoms with Crippen molar-refractivity contribution in [3.63, 3.8) is 0 Å². The molecule has 0 saturated carbocycles. The van der Waals surface area contributed by atoms with Crippen molar-refractivity contribution in [2.45, 2.75) is 38.8 Å². The van der Waals surface area contributed by atoms with Crippen molar-refractivity contribution < 1.29 is 14.4 Å². The molecule has 20 heavy (non-hydrogen) atoms. The highest BCUT2D eigenvalue weighted by Crippen LogP contribution is 2.16. The fraction of sp³-hybridized carbons (Fsp3) is 0.462. The summed E-state index contributed by atoms with van der Waals surface area (Å²) < 4.78 is 2.66. The van der Waals surface area contributed by atoms with Gasteiger partial charge in [0.2, 0.25) is 11.8 Å². The lowest BCUT2D eigenvalue weighted by Crippen LogP contribution is -2.52. The highest BCUT2D eigenvalue weighted by Gasteiger charge is 2.28. The van der Waals surface area contributed by atoms with Crippen LogP contribution < -0.4 is 10.6 Å². The minimum Gasteiger partial charge on any atom is -0.342 e. The normalized spacial score (nSPS) is 18.8. The molecule has 1 fully saturated rings. The van der Waals surface area contributed by atoms with Crippen molar-refractivity contribution in [2.75, 3.05) is 0 Å². The van der Waals surface area contributed by atoms with E-state index in [1.807, 2.05) is 17.7 Å². The fourth-order valence-electron chi connectivity index (χ4n) is 2.15. The van der Waals surface area contributed by atoms with Crippen LogP contribution in [0.1, 0.15) is 36.7 Å². The number of carbonyl (C=O) groups is 3. The van der Waals surface area contributed by atoms with E-state index in [4.69, 9.17) is 0 Å². The van der Waals surface area contributed by atoms with Gasteiger partial charge in [-0.25, -0.2) is 0 Å². The first-order chi connectivity index (χ1) is 9.51. The van der Waals surface area contributed by atoms with Gasteiger partial charge in [-0.05, 0) is 34.8 Å². The van der Waals surface area contributed by atoms with Crippen LogP contribution in [0.15, 0.2) is 16.7 Å². The molecule has 1 saturated heterocycles. The average molecular weight is 342 g/mol. The molecule has 0 spiro atoms. The lowest BCUT2D eigenvalue weighted by molar-refractivity contribution is -0.134. The Balaban J connectivity index is 2.08. The Morgan fingerprint density at radius 1 is 1.55 bits per heavy atom. The lowest BCUT2D eigenvalue weighted by atomic mass is 10.1. The number of piperidine rings is 1. The van der Waals surface area contributed by atoms with Crippen LogP contribution in [0.25, 0.3) is 0 Å². The number of amides is 3. The van der Waals surface area contributed by atoms with Crippen LogP contribution in [-0.4, -0.2) is 28.3 Å². The molecule has 1 aliphatic heterocycles. The van der Waals surface area contributed by atoms with Gasteiger partial charge < -0.3 is 9.88 Å². The van der Waals surface area contributed by atoms with Crippen molar-refractivity contribution >= 4 is 33.7 Å². The number of hydrogen-bond donors (Lipinski definition) is 2. The number of aromatic nitrogens is 1. The number of imide groups is 1. The first-order valence-electron chi connectivity index (χ1n) is 6.51. The number of hydrogen-bond acceptors (Lipinski definition) is 3. The molecule has 108 valence electrons. The summed E-state index contributed by atoms with van der Waals surface area (Å²) in [7, 11) is 0. The summed E-state index contributed by atoms with van der Waals surface area (Å²) >= 11 is 3.34. The maximum absolute atomic E-state index is 12.2. The maximum atomic E-state index is 12.2. The summed E-state index contributed by atoms with van der Waals surface area (Å²) in [6.45, 7) is 2.75. The van der Waals surface area contributed by atoms with Crippen LogP contribution in [0.2, 0.25) is 0 Å². The Morgan fingerprint density at radius 2 is 2.30 bits per heavy atom. The number of nitrogens with zero attached hydrogens (tertiary/aromatic N) is 1. The first kappa shape index (κ1) is 14.8. The predicted molar refractivity (Wildman–Crippen MR) is 76.1 cm³/mol. The monoisotopic (exact) mass is 341 g/mol. The highest BCUT2D eigenvalue weighted by atomic mass is 79.9. The van der Waals surface area contributed by atoms with Crippen molar-refractivity contribution in [1.29, 1.82) is 0 Å². The molecule has 1 aromatic heterocycles. The summed E-state index contributed by atoms with van der Waals surface area (Å²) in [4.78, 5) is 34.9. The molecule has 0 aliphatic carbocycles. The van der Waals surface area contributed by atoms with Gasteiger partial charge in [0.25, 0.3) is 5.91 Å². The lowest BCUT2D eigenvalue weighted by Gasteiger charge is -2.22. The van der Waals surface area contributed by atoms with Gasteiger partial charge in [-0.15, -0.1) is 0 Å². The molecule has 2 N–H and O–H groups in total. The van der Waals surface area contributed by atoms with Crippen LogP contribution in [0.5, 0.6) is 0 Å². The van der Waals surface area contributed by atoms with E-state index in [0.717, 1.165) is 17.4 Å². The van der Waals surface area contributed by atoms with E-state index >= 15 is 0 Å². The summed E-state index contributed by atoms with van der Waals surface area (Å²) in [6.07, 6.45) is 3.32. The molecule has 6 nitrogen and oxygen atoms in total. The topological polar surface area (TPSA) is 80.2 Å². The summed E-state index contributed by atoms with van der Waals surface area (Å²) in [5, 5.41) is 4.90. The van der Waals surface area contributed by atoms with Crippen molar-refractivity contribution in [3.05, 3.63) is 22.4 Å². The second kappa shape index (κ2) is 6.21. The Bertz CT molecular complexity index is 553. The zero-order valence-electron chi connectivity index (χ0n) is 11.1. The van der Waals surface area contributed by atoms with E-state index < -0.39 is 11.9 Å². The van der Waals surface area contributed by atoms with Gasteiger partial charge in [0, 0.05) is 23.6 Å². The third-order valence-electron chi connectivity index (χ3n) is 3.10. The largest absolute Gasteiger partial charge is 0.342 e. The second-order valence-corrected chi connectivity index (χ2v) is 5.63. The molecule has 2 rings (SSSR count). The fourth-order valence-corrected chi connectivity index (χ4v) is 2.62. The Kier molecular flexibility index (Phi) is 4.59. The Labute approximate surface area is 125 Å². The van der Waals surface area contributed by atoms with E-state index in [1.165, 1.54) is 0 Å². The van der Waals surface area contributed by atoms with Crippen LogP contribution in [0, 0.1) is 0 Å². The van der Waals surface area contributed by atoms with Gasteiger partial charge >= 0.3 is 0 Å². The molecule has 0 radical (unpaired) electrons. The molecule has 2 heterocycles. The SMILES string of the molecule is CCCn1cc(Br)cc1C(=O)NC1CCC(=O)NC1=O. The first-order valence-corrected chi connectivity index (χ1v) is 7.30. The van der Waals surface area contributed by atoms with Crippen LogP contribution in [-0.2, 0) is 16.1 Å². The molecule has 0 aromatic carbocycles. The van der Waals surface area contributed by atoms with Crippen LogP contribution in [0.3, 0.4) is 0 Å². The average Bonchev–Trinajstić information content (AvgIpc) is 2.74. The zero-order valence-corrected chi connectivity index (χ0v) is 12.7. The second-order valence-electron chi connectivity index (χ2n) is 4.71. The van der Waals surface area contributed by atoms with Gasteiger partial charge in [-0.2, -0.15) is 0 Å². The quantitative estimate of drug-likeness (QED) is 0.807. The molecule has 3 amide bonds. The predicted octanol–water partition coefficient (Wildman–Crippen LogP) is 1.20. The van der Waals surface area contributed by atoms with Crippen molar-refractivity contribution in [2.24, 2.45) is 0 Å². The highest BCUT2D eigenvalue weighted by molar-refractivity contribution is 9.10. The molecule has 1 atom stereocenters. The van der Waals surface area contributed by atoms with Gasteiger partial charge in [0.15, 0.2) is 0 Å². The summed E-state index contributed by atoms with van der Waals surface area (Å²) in [6, 6.07) is 1.07. The molecule has 0 bridgehead atoms. The maximum Gasteiger partial charge on any atom is 0.268 e. The molecule has 1 unspecified atom stereocenters. The van der Waals surface area contributed by atoms with Gasteiger partial charge in [0.1, 0.15) is 11.7 Å². The van der Waals surface area contributed by atoms with E-state index in [1.54, 1.807) is 6.07 Å².